The summed E-state index contributed by atoms with van der Waals surface area (Å²) >= 11 is 1.08. The van der Waals surface area contributed by atoms with Gasteiger partial charge in [0.25, 0.3) is 0 Å². The van der Waals surface area contributed by atoms with Gasteiger partial charge in [-0.2, -0.15) is 5.26 Å². The Morgan fingerprint density at radius 3 is 2.81 bits per heavy atom. The van der Waals surface area contributed by atoms with Gasteiger partial charge in [-0.25, -0.2) is 28.7 Å². The Balaban J connectivity index is 1.12. The second-order valence-electron chi connectivity index (χ2n) is 10.4. The van der Waals surface area contributed by atoms with Crippen LogP contribution in [0.3, 0.4) is 0 Å². The van der Waals surface area contributed by atoms with E-state index < -0.39 is 11.8 Å². The van der Waals surface area contributed by atoms with Gasteiger partial charge in [0, 0.05) is 54.6 Å². The summed E-state index contributed by atoms with van der Waals surface area (Å²) < 4.78 is 23.8. The van der Waals surface area contributed by atoms with Gasteiger partial charge in [-0.15, -0.1) is 5.10 Å². The fraction of sp³-hybridized carbons (Fsp3) is 0.333. The van der Waals surface area contributed by atoms with Gasteiger partial charge in [-0.1, -0.05) is 23.5 Å². The first-order chi connectivity index (χ1) is 20.9. The van der Waals surface area contributed by atoms with Crippen molar-refractivity contribution in [3.8, 4) is 11.9 Å². The molecule has 5 aromatic rings. The number of likely N-dealkylation sites (tertiary alicyclic amines) is 1. The molecule has 1 fully saturated rings. The van der Waals surface area contributed by atoms with E-state index in [1.807, 2.05) is 24.4 Å². The van der Waals surface area contributed by atoms with Crippen molar-refractivity contribution < 1.29 is 19.0 Å². The first-order valence-electron chi connectivity index (χ1n) is 14.0. The molecule has 5 heterocycles. The summed E-state index contributed by atoms with van der Waals surface area (Å²) in [6.45, 7) is 5.19. The van der Waals surface area contributed by atoms with Gasteiger partial charge >= 0.3 is 5.97 Å². The zero-order valence-corrected chi connectivity index (χ0v) is 24.3. The molecule has 0 atom stereocenters. The van der Waals surface area contributed by atoms with Crippen molar-refractivity contribution in [2.45, 2.75) is 51.8 Å². The number of pyridine rings is 1. The van der Waals surface area contributed by atoms with Crippen LogP contribution in [0.5, 0.6) is 5.88 Å². The molecule has 11 nitrogen and oxygen atoms in total. The number of ether oxygens (including phenoxy) is 1. The highest BCUT2D eigenvalue weighted by Gasteiger charge is 2.26. The highest BCUT2D eigenvalue weighted by Crippen LogP contribution is 2.30. The zero-order chi connectivity index (χ0) is 29.9. The summed E-state index contributed by atoms with van der Waals surface area (Å²) in [6.07, 6.45) is 5.98. The molecule has 43 heavy (non-hydrogen) atoms. The number of piperidine rings is 1. The molecule has 0 spiro atoms. The number of aryl methyl sites for hydroxylation is 1. The molecule has 1 N–H and O–H groups in total. The molecule has 13 heteroatoms. The van der Waals surface area contributed by atoms with Crippen molar-refractivity contribution in [3.63, 3.8) is 0 Å². The van der Waals surface area contributed by atoms with Crippen LogP contribution in [0, 0.1) is 17.1 Å². The van der Waals surface area contributed by atoms with Crippen LogP contribution < -0.4 is 4.74 Å². The standard InChI is InChI=1S/C30H29FN8O3S/c1-2-38-18-33-15-22(38)13-26-25(35-30-39(26)36-28(43-30)29(40)41)16-37-10-8-20(9-11-37)24-4-3-5-27(34-24)42-17-21-7-6-19(14-32)12-23(21)31/h3-7,12,15,18,20H,2,8-11,13,16-17H2,1H3,(H,40,41). The SMILES string of the molecule is CCn1cncc1Cc1c(CN2CCC(c3cccc(OCc4ccc(C#N)cc4F)n3)CC2)nc2sc(C(=O)O)nn12. The fourth-order valence-corrected chi connectivity index (χ4v) is 6.17. The highest BCUT2D eigenvalue weighted by atomic mass is 32.1. The molecule has 1 aliphatic heterocycles. The number of aromatic nitrogens is 6. The van der Waals surface area contributed by atoms with E-state index in [-0.39, 0.29) is 23.1 Å². The van der Waals surface area contributed by atoms with E-state index in [0.29, 0.717) is 29.4 Å². The molecule has 6 rings (SSSR count). The monoisotopic (exact) mass is 600 g/mol. The number of carboxylic acids is 1. The maximum absolute atomic E-state index is 14.3. The van der Waals surface area contributed by atoms with E-state index in [9.17, 15) is 14.3 Å². The molecule has 0 saturated carbocycles. The Morgan fingerprint density at radius 1 is 1.23 bits per heavy atom. The lowest BCUT2D eigenvalue weighted by atomic mass is 9.93. The summed E-state index contributed by atoms with van der Waals surface area (Å²) in [6, 6.07) is 11.9. The predicted octanol–water partition coefficient (Wildman–Crippen LogP) is 4.66. The number of nitriles is 1. The smallest absolute Gasteiger partial charge is 0.367 e. The first-order valence-corrected chi connectivity index (χ1v) is 14.8. The van der Waals surface area contributed by atoms with Gasteiger partial charge in [-0.3, -0.25) is 4.90 Å². The van der Waals surface area contributed by atoms with E-state index in [4.69, 9.17) is 20.0 Å². The predicted molar refractivity (Wildman–Crippen MR) is 155 cm³/mol. The number of nitrogens with zero attached hydrogens (tertiary/aromatic N) is 8. The second-order valence-corrected chi connectivity index (χ2v) is 11.4. The van der Waals surface area contributed by atoms with Crippen molar-refractivity contribution in [2.24, 2.45) is 0 Å². The number of aromatic carboxylic acids is 1. The number of halogens is 1. The van der Waals surface area contributed by atoms with Gasteiger partial charge in [0.15, 0.2) is 0 Å². The molecular weight excluding hydrogens is 571 g/mol. The maximum atomic E-state index is 14.3. The van der Waals surface area contributed by atoms with Crippen LogP contribution in [0.4, 0.5) is 4.39 Å². The summed E-state index contributed by atoms with van der Waals surface area (Å²) in [5.41, 5.74) is 4.36. The van der Waals surface area contributed by atoms with Crippen molar-refractivity contribution in [1.82, 2.24) is 34.0 Å². The van der Waals surface area contributed by atoms with Gasteiger partial charge in [-0.05, 0) is 51.1 Å². The van der Waals surface area contributed by atoms with Gasteiger partial charge in [0.1, 0.15) is 12.4 Å². The van der Waals surface area contributed by atoms with Crippen molar-refractivity contribution in [2.75, 3.05) is 13.1 Å². The van der Waals surface area contributed by atoms with Crippen LogP contribution in [-0.4, -0.2) is 58.2 Å². The molecule has 0 bridgehead atoms. The number of fused-ring (bicyclic) bond motifs is 1. The molecule has 0 radical (unpaired) electrons. The molecule has 1 saturated heterocycles. The highest BCUT2D eigenvalue weighted by molar-refractivity contribution is 7.18. The average Bonchev–Trinajstić information content (AvgIpc) is 3.73. The Hall–Kier alpha value is -4.67. The molecule has 220 valence electrons. The third-order valence-electron chi connectivity index (χ3n) is 7.73. The van der Waals surface area contributed by atoms with E-state index in [1.54, 1.807) is 29.0 Å². The van der Waals surface area contributed by atoms with Crippen LogP contribution in [0.15, 0.2) is 48.9 Å². The van der Waals surface area contributed by atoms with Gasteiger partial charge < -0.3 is 14.4 Å². The first kappa shape index (κ1) is 28.4. The maximum Gasteiger partial charge on any atom is 0.367 e. The number of benzene rings is 1. The summed E-state index contributed by atoms with van der Waals surface area (Å²) in [5, 5.41) is 22.8. The van der Waals surface area contributed by atoms with Crippen LogP contribution in [-0.2, 0) is 26.1 Å². The quantitative estimate of drug-likeness (QED) is 0.243. The molecule has 1 aromatic carbocycles. The van der Waals surface area contributed by atoms with E-state index in [2.05, 4.69) is 26.5 Å². The molecule has 0 amide bonds. The lowest BCUT2D eigenvalue weighted by Crippen LogP contribution is -2.33. The van der Waals surface area contributed by atoms with Crippen molar-refractivity contribution in [3.05, 3.63) is 93.6 Å². The normalized spacial score (nSPS) is 14.3. The molecule has 1 aliphatic rings. The average molecular weight is 601 g/mol. The summed E-state index contributed by atoms with van der Waals surface area (Å²) in [4.78, 5) is 28.3. The lowest BCUT2D eigenvalue weighted by Gasteiger charge is -2.31. The summed E-state index contributed by atoms with van der Waals surface area (Å²) in [5.74, 6) is -0.841. The molecular formula is C30H29FN8O3S. The number of carbonyl (C=O) groups is 1. The van der Waals surface area contributed by atoms with Crippen molar-refractivity contribution >= 4 is 22.3 Å². The molecule has 0 unspecified atom stereocenters. The Kier molecular flexibility index (Phi) is 8.13. The Labute approximate surface area is 250 Å². The fourth-order valence-electron chi connectivity index (χ4n) is 5.40. The number of imidazole rings is 2. The Bertz CT molecular complexity index is 1820. The minimum Gasteiger partial charge on any atom is -0.476 e. The lowest BCUT2D eigenvalue weighted by molar-refractivity contribution is 0.0695. The third kappa shape index (κ3) is 6.11. The Morgan fingerprint density at radius 2 is 2.07 bits per heavy atom. The second kappa shape index (κ2) is 12.3. The molecule has 4 aromatic heterocycles. The third-order valence-corrected chi connectivity index (χ3v) is 8.63. The topological polar surface area (TPSA) is 134 Å². The zero-order valence-electron chi connectivity index (χ0n) is 23.5. The number of hydrogen-bond donors (Lipinski definition) is 1. The largest absolute Gasteiger partial charge is 0.476 e. The van der Waals surface area contributed by atoms with Crippen LogP contribution in [0.25, 0.3) is 4.96 Å². The number of hydrogen-bond acceptors (Lipinski definition) is 9. The van der Waals surface area contributed by atoms with Crippen LogP contribution in [0.2, 0.25) is 0 Å². The van der Waals surface area contributed by atoms with Crippen LogP contribution in [0.1, 0.15) is 69.4 Å². The van der Waals surface area contributed by atoms with E-state index in [1.165, 1.54) is 6.07 Å². The van der Waals surface area contributed by atoms with Crippen LogP contribution >= 0.6 is 11.3 Å². The van der Waals surface area contributed by atoms with E-state index >= 15 is 0 Å². The van der Waals surface area contributed by atoms with Crippen molar-refractivity contribution in [1.29, 1.82) is 5.26 Å². The molecule has 0 aliphatic carbocycles. The van der Waals surface area contributed by atoms with Gasteiger partial charge in [0.2, 0.25) is 15.8 Å². The minimum absolute atomic E-state index is 0.0147. The van der Waals surface area contributed by atoms with Gasteiger partial charge in [0.05, 0.1) is 29.3 Å². The van der Waals surface area contributed by atoms with E-state index in [0.717, 1.165) is 66.6 Å². The summed E-state index contributed by atoms with van der Waals surface area (Å²) in [7, 11) is 0. The minimum atomic E-state index is -1.06. The number of rotatable bonds is 10. The number of carboxylic acid groups (broad SMARTS) is 1.